The Hall–Kier alpha value is -1.02. The summed E-state index contributed by atoms with van der Waals surface area (Å²) in [5.41, 5.74) is 1.28. The Morgan fingerprint density at radius 3 is 2.81 bits per heavy atom. The Kier molecular flexibility index (Phi) is 5.94. The van der Waals surface area contributed by atoms with Gasteiger partial charge in [0, 0.05) is 6.54 Å². The molecule has 0 aromatic heterocycles. The van der Waals surface area contributed by atoms with Crippen LogP contribution in [-0.2, 0) is 6.54 Å². The molecule has 1 aromatic carbocycles. The first kappa shape index (κ1) is 13.0. The van der Waals surface area contributed by atoms with Gasteiger partial charge in [-0.05, 0) is 43.0 Å². The summed E-state index contributed by atoms with van der Waals surface area (Å²) in [4.78, 5) is 0. The highest BCUT2D eigenvalue weighted by molar-refractivity contribution is 5.28. The maximum Gasteiger partial charge on any atom is 0.119 e. The van der Waals surface area contributed by atoms with Crippen molar-refractivity contribution in [2.24, 2.45) is 5.92 Å². The molecule has 0 radical (unpaired) electrons. The van der Waals surface area contributed by atoms with E-state index in [1.54, 1.807) is 7.11 Å². The predicted octanol–water partition coefficient (Wildman–Crippen LogP) is 3.22. The summed E-state index contributed by atoms with van der Waals surface area (Å²) in [6, 6.07) is 8.21. The second kappa shape index (κ2) is 7.29. The van der Waals surface area contributed by atoms with Crippen LogP contribution in [-0.4, -0.2) is 13.7 Å². The van der Waals surface area contributed by atoms with Gasteiger partial charge in [0.25, 0.3) is 0 Å². The summed E-state index contributed by atoms with van der Waals surface area (Å²) in [5, 5.41) is 3.45. The Morgan fingerprint density at radius 2 is 2.12 bits per heavy atom. The Bertz CT molecular complexity index is 297. The molecule has 0 saturated heterocycles. The van der Waals surface area contributed by atoms with E-state index in [1.807, 2.05) is 12.1 Å². The van der Waals surface area contributed by atoms with Crippen LogP contribution < -0.4 is 10.1 Å². The maximum atomic E-state index is 5.19. The topological polar surface area (TPSA) is 21.3 Å². The van der Waals surface area contributed by atoms with Crippen molar-refractivity contribution in [3.05, 3.63) is 29.8 Å². The average molecular weight is 221 g/mol. The van der Waals surface area contributed by atoms with Gasteiger partial charge in [-0.15, -0.1) is 0 Å². The molecular formula is C14H23NO. The molecule has 0 amide bonds. The molecular weight excluding hydrogens is 198 g/mol. The van der Waals surface area contributed by atoms with Gasteiger partial charge in [-0.3, -0.25) is 0 Å². The SMILES string of the molecule is COc1cccc(CNCCCC(C)C)c1. The molecule has 0 aliphatic heterocycles. The third kappa shape index (κ3) is 5.17. The zero-order valence-electron chi connectivity index (χ0n) is 10.6. The molecule has 0 aliphatic carbocycles. The molecule has 1 rings (SSSR count). The quantitative estimate of drug-likeness (QED) is 0.714. The van der Waals surface area contributed by atoms with E-state index >= 15 is 0 Å². The van der Waals surface area contributed by atoms with Crippen molar-refractivity contribution < 1.29 is 4.74 Å². The fraction of sp³-hybridized carbons (Fsp3) is 0.571. The third-order valence-corrected chi connectivity index (χ3v) is 2.60. The second-order valence-corrected chi connectivity index (χ2v) is 4.56. The molecule has 0 bridgehead atoms. The number of hydrogen-bond acceptors (Lipinski definition) is 2. The highest BCUT2D eigenvalue weighted by Gasteiger charge is 1.96. The molecule has 0 atom stereocenters. The van der Waals surface area contributed by atoms with Gasteiger partial charge in [0.2, 0.25) is 0 Å². The average Bonchev–Trinajstić information content (AvgIpc) is 2.28. The van der Waals surface area contributed by atoms with E-state index in [0.717, 1.165) is 24.8 Å². The maximum absolute atomic E-state index is 5.19. The lowest BCUT2D eigenvalue weighted by Crippen LogP contribution is -2.15. The van der Waals surface area contributed by atoms with Crippen LogP contribution in [0.4, 0.5) is 0 Å². The van der Waals surface area contributed by atoms with Gasteiger partial charge in [-0.1, -0.05) is 26.0 Å². The van der Waals surface area contributed by atoms with E-state index in [1.165, 1.54) is 18.4 Å². The van der Waals surface area contributed by atoms with Gasteiger partial charge in [-0.2, -0.15) is 0 Å². The number of benzene rings is 1. The number of rotatable bonds is 7. The highest BCUT2D eigenvalue weighted by atomic mass is 16.5. The minimum atomic E-state index is 0.804. The molecule has 0 fully saturated rings. The predicted molar refractivity (Wildman–Crippen MR) is 68.8 cm³/mol. The standard InChI is InChI=1S/C14H23NO/c1-12(2)6-5-9-15-11-13-7-4-8-14(10-13)16-3/h4,7-8,10,12,15H,5-6,9,11H2,1-3H3. The largest absolute Gasteiger partial charge is 0.497 e. The number of hydrogen-bond donors (Lipinski definition) is 1. The van der Waals surface area contributed by atoms with Crippen molar-refractivity contribution in [3.63, 3.8) is 0 Å². The molecule has 0 aliphatic rings. The molecule has 0 spiro atoms. The molecule has 0 saturated carbocycles. The van der Waals surface area contributed by atoms with Crippen LogP contribution in [0.3, 0.4) is 0 Å². The van der Waals surface area contributed by atoms with E-state index < -0.39 is 0 Å². The van der Waals surface area contributed by atoms with Crippen LogP contribution in [0, 0.1) is 5.92 Å². The lowest BCUT2D eigenvalue weighted by atomic mass is 10.1. The van der Waals surface area contributed by atoms with Crippen LogP contribution in [0.15, 0.2) is 24.3 Å². The zero-order chi connectivity index (χ0) is 11.8. The lowest BCUT2D eigenvalue weighted by molar-refractivity contribution is 0.414. The van der Waals surface area contributed by atoms with Gasteiger partial charge in [-0.25, -0.2) is 0 Å². The normalized spacial score (nSPS) is 10.8. The van der Waals surface area contributed by atoms with E-state index in [9.17, 15) is 0 Å². The van der Waals surface area contributed by atoms with Crippen molar-refractivity contribution in [1.82, 2.24) is 5.32 Å². The van der Waals surface area contributed by atoms with Crippen molar-refractivity contribution in [1.29, 1.82) is 0 Å². The summed E-state index contributed by atoms with van der Waals surface area (Å²) in [6.45, 7) is 6.55. The second-order valence-electron chi connectivity index (χ2n) is 4.56. The van der Waals surface area contributed by atoms with Gasteiger partial charge in [0.05, 0.1) is 7.11 Å². The zero-order valence-corrected chi connectivity index (χ0v) is 10.6. The van der Waals surface area contributed by atoms with Crippen molar-refractivity contribution >= 4 is 0 Å². The van der Waals surface area contributed by atoms with Gasteiger partial charge in [0.15, 0.2) is 0 Å². The number of methoxy groups -OCH3 is 1. The Labute approximate surface area is 99.0 Å². The van der Waals surface area contributed by atoms with E-state index in [2.05, 4.69) is 31.3 Å². The minimum absolute atomic E-state index is 0.804. The first-order valence-electron chi connectivity index (χ1n) is 6.06. The first-order chi connectivity index (χ1) is 7.72. The van der Waals surface area contributed by atoms with Crippen LogP contribution in [0.5, 0.6) is 5.75 Å². The Morgan fingerprint density at radius 1 is 1.31 bits per heavy atom. The van der Waals surface area contributed by atoms with E-state index in [0.29, 0.717) is 0 Å². The van der Waals surface area contributed by atoms with E-state index in [-0.39, 0.29) is 0 Å². The highest BCUT2D eigenvalue weighted by Crippen LogP contribution is 2.12. The first-order valence-corrected chi connectivity index (χ1v) is 6.06. The van der Waals surface area contributed by atoms with Gasteiger partial charge < -0.3 is 10.1 Å². The Balaban J connectivity index is 2.21. The number of ether oxygens (including phenoxy) is 1. The summed E-state index contributed by atoms with van der Waals surface area (Å²) >= 11 is 0. The fourth-order valence-electron chi connectivity index (χ4n) is 1.65. The third-order valence-electron chi connectivity index (χ3n) is 2.60. The molecule has 0 unspecified atom stereocenters. The smallest absolute Gasteiger partial charge is 0.119 e. The summed E-state index contributed by atoms with van der Waals surface area (Å²) in [6.07, 6.45) is 2.55. The summed E-state index contributed by atoms with van der Waals surface area (Å²) < 4.78 is 5.19. The molecule has 16 heavy (non-hydrogen) atoms. The van der Waals surface area contributed by atoms with Crippen molar-refractivity contribution in [2.75, 3.05) is 13.7 Å². The fourth-order valence-corrected chi connectivity index (χ4v) is 1.65. The summed E-state index contributed by atoms with van der Waals surface area (Å²) in [5.74, 6) is 1.74. The van der Waals surface area contributed by atoms with Crippen molar-refractivity contribution in [3.8, 4) is 5.75 Å². The number of nitrogens with one attached hydrogen (secondary N) is 1. The molecule has 2 heteroatoms. The van der Waals surface area contributed by atoms with Crippen LogP contribution in [0.2, 0.25) is 0 Å². The molecule has 0 heterocycles. The lowest BCUT2D eigenvalue weighted by Gasteiger charge is -2.07. The van der Waals surface area contributed by atoms with Crippen LogP contribution in [0.1, 0.15) is 32.3 Å². The van der Waals surface area contributed by atoms with Gasteiger partial charge in [0.1, 0.15) is 5.75 Å². The monoisotopic (exact) mass is 221 g/mol. The molecule has 1 aromatic rings. The summed E-state index contributed by atoms with van der Waals surface area (Å²) in [7, 11) is 1.70. The molecule has 90 valence electrons. The van der Waals surface area contributed by atoms with Crippen molar-refractivity contribution in [2.45, 2.75) is 33.2 Å². The van der Waals surface area contributed by atoms with Crippen LogP contribution >= 0.6 is 0 Å². The molecule has 2 nitrogen and oxygen atoms in total. The van der Waals surface area contributed by atoms with Crippen LogP contribution in [0.25, 0.3) is 0 Å². The minimum Gasteiger partial charge on any atom is -0.497 e. The molecule has 1 N–H and O–H groups in total. The van der Waals surface area contributed by atoms with E-state index in [4.69, 9.17) is 4.74 Å². The van der Waals surface area contributed by atoms with Gasteiger partial charge >= 0.3 is 0 Å².